The molecule has 2 N–H and O–H groups in total. The lowest BCUT2D eigenvalue weighted by Crippen LogP contribution is -2.42. The Bertz CT molecular complexity index is 1100. The predicted octanol–water partition coefficient (Wildman–Crippen LogP) is 2.87. The maximum absolute atomic E-state index is 13.1. The van der Waals surface area contributed by atoms with Crippen LogP contribution in [0.1, 0.15) is 23.3 Å². The first-order valence-corrected chi connectivity index (χ1v) is 9.49. The van der Waals surface area contributed by atoms with Crippen LogP contribution >= 0.6 is 0 Å². The van der Waals surface area contributed by atoms with Crippen LogP contribution in [0.2, 0.25) is 0 Å². The average Bonchev–Trinajstić information content (AvgIpc) is 3.04. The highest BCUT2D eigenvalue weighted by molar-refractivity contribution is 5.98. The Morgan fingerprint density at radius 2 is 2.06 bits per heavy atom. The molecule has 1 aliphatic rings. The molecule has 0 bridgehead atoms. The highest BCUT2D eigenvalue weighted by atomic mass is 19.4. The van der Waals surface area contributed by atoms with Crippen molar-refractivity contribution in [1.82, 2.24) is 24.6 Å². The van der Waals surface area contributed by atoms with E-state index >= 15 is 0 Å². The number of hydrogen-bond acceptors (Lipinski definition) is 6. The van der Waals surface area contributed by atoms with E-state index in [4.69, 9.17) is 0 Å². The number of amides is 1. The Hall–Kier alpha value is -3.28. The molecule has 1 atom stereocenters. The molecular formula is C19H18F4N6O2. The SMILES string of the molecule is O=C(c1cc2c(cn1)c(Nc1ccc(F)cn1)nn2CC(F)(F)F)N1CCC[C@@H](O)C1. The topological polar surface area (TPSA) is 96.2 Å². The van der Waals surface area contributed by atoms with E-state index in [2.05, 4.69) is 20.4 Å². The molecule has 164 valence electrons. The maximum Gasteiger partial charge on any atom is 0.408 e. The lowest BCUT2D eigenvalue weighted by Gasteiger charge is -2.29. The molecule has 0 radical (unpaired) electrons. The summed E-state index contributed by atoms with van der Waals surface area (Å²) in [4.78, 5) is 22.1. The number of fused-ring (bicyclic) bond motifs is 1. The molecule has 0 aromatic carbocycles. The predicted molar refractivity (Wildman–Crippen MR) is 102 cm³/mol. The summed E-state index contributed by atoms with van der Waals surface area (Å²) in [5, 5.41) is 16.7. The highest BCUT2D eigenvalue weighted by Crippen LogP contribution is 2.28. The van der Waals surface area contributed by atoms with Gasteiger partial charge in [0.05, 0.1) is 23.2 Å². The number of aromatic nitrogens is 4. The summed E-state index contributed by atoms with van der Waals surface area (Å²) >= 11 is 0. The molecule has 0 spiro atoms. The van der Waals surface area contributed by atoms with Crippen molar-refractivity contribution in [2.45, 2.75) is 31.7 Å². The van der Waals surface area contributed by atoms with E-state index in [1.807, 2.05) is 0 Å². The Kier molecular flexibility index (Phi) is 5.48. The average molecular weight is 438 g/mol. The summed E-state index contributed by atoms with van der Waals surface area (Å²) in [7, 11) is 0. The van der Waals surface area contributed by atoms with E-state index in [0.717, 1.165) is 16.9 Å². The van der Waals surface area contributed by atoms with Gasteiger partial charge in [0.2, 0.25) is 0 Å². The molecule has 31 heavy (non-hydrogen) atoms. The molecule has 1 aliphatic heterocycles. The number of piperidine rings is 1. The Morgan fingerprint density at radius 1 is 1.26 bits per heavy atom. The van der Waals surface area contributed by atoms with Gasteiger partial charge in [-0.2, -0.15) is 18.3 Å². The zero-order valence-corrected chi connectivity index (χ0v) is 16.1. The van der Waals surface area contributed by atoms with Crippen molar-refractivity contribution in [2.75, 3.05) is 18.4 Å². The number of aliphatic hydroxyl groups is 1. The third kappa shape index (κ3) is 4.74. The van der Waals surface area contributed by atoms with Crippen molar-refractivity contribution in [3.63, 3.8) is 0 Å². The molecule has 12 heteroatoms. The Labute approximate surface area is 173 Å². The van der Waals surface area contributed by atoms with Crippen LogP contribution in [0.3, 0.4) is 0 Å². The van der Waals surface area contributed by atoms with Crippen LogP contribution in [0.5, 0.6) is 0 Å². The summed E-state index contributed by atoms with van der Waals surface area (Å²) in [5.74, 6) is -0.818. The quantitative estimate of drug-likeness (QED) is 0.609. The van der Waals surface area contributed by atoms with Crippen molar-refractivity contribution in [3.05, 3.63) is 42.1 Å². The normalized spacial score (nSPS) is 17.2. The molecule has 3 aromatic rings. The summed E-state index contributed by atoms with van der Waals surface area (Å²) in [6.45, 7) is -0.800. The zero-order valence-electron chi connectivity index (χ0n) is 16.1. The summed E-state index contributed by atoms with van der Waals surface area (Å²) < 4.78 is 53.1. The number of nitrogens with zero attached hydrogens (tertiary/aromatic N) is 5. The van der Waals surface area contributed by atoms with Crippen molar-refractivity contribution in [2.24, 2.45) is 0 Å². The molecule has 4 rings (SSSR count). The zero-order chi connectivity index (χ0) is 22.2. The van der Waals surface area contributed by atoms with Crippen LogP contribution in [0, 0.1) is 5.82 Å². The number of carbonyl (C=O) groups excluding carboxylic acids is 1. The largest absolute Gasteiger partial charge is 0.408 e. The number of aliphatic hydroxyl groups excluding tert-OH is 1. The van der Waals surface area contributed by atoms with E-state index in [1.165, 1.54) is 23.2 Å². The molecule has 3 aromatic heterocycles. The number of nitrogens with one attached hydrogen (secondary N) is 1. The van der Waals surface area contributed by atoms with Crippen molar-refractivity contribution in [3.8, 4) is 0 Å². The van der Waals surface area contributed by atoms with Gasteiger partial charge in [0.1, 0.15) is 23.9 Å². The van der Waals surface area contributed by atoms with E-state index in [0.29, 0.717) is 19.4 Å². The second kappa shape index (κ2) is 8.10. The van der Waals surface area contributed by atoms with Crippen LogP contribution in [0.25, 0.3) is 10.9 Å². The van der Waals surface area contributed by atoms with Gasteiger partial charge in [-0.25, -0.2) is 9.37 Å². The second-order valence-corrected chi connectivity index (χ2v) is 7.24. The summed E-state index contributed by atoms with van der Waals surface area (Å²) in [5.41, 5.74) is 0.00854. The molecule has 0 aliphatic carbocycles. The van der Waals surface area contributed by atoms with E-state index in [-0.39, 0.29) is 34.8 Å². The second-order valence-electron chi connectivity index (χ2n) is 7.24. The minimum absolute atomic E-state index is 0.0400. The number of halogens is 4. The van der Waals surface area contributed by atoms with E-state index in [9.17, 15) is 27.5 Å². The molecule has 8 nitrogen and oxygen atoms in total. The van der Waals surface area contributed by atoms with Gasteiger partial charge in [-0.3, -0.25) is 14.5 Å². The van der Waals surface area contributed by atoms with Crippen molar-refractivity contribution < 1.29 is 27.5 Å². The van der Waals surface area contributed by atoms with Crippen LogP contribution in [0.4, 0.5) is 29.2 Å². The molecular weight excluding hydrogens is 420 g/mol. The highest BCUT2D eigenvalue weighted by Gasteiger charge is 2.31. The van der Waals surface area contributed by atoms with Gasteiger partial charge in [0, 0.05) is 19.3 Å². The van der Waals surface area contributed by atoms with Crippen LogP contribution in [-0.4, -0.2) is 61.0 Å². The Balaban J connectivity index is 1.71. The van der Waals surface area contributed by atoms with Gasteiger partial charge in [0.15, 0.2) is 5.82 Å². The first-order chi connectivity index (χ1) is 14.7. The Morgan fingerprint density at radius 3 is 2.74 bits per heavy atom. The first kappa shape index (κ1) is 21.0. The maximum atomic E-state index is 13.1. The van der Waals surface area contributed by atoms with Crippen molar-refractivity contribution in [1.29, 1.82) is 0 Å². The molecule has 4 heterocycles. The summed E-state index contributed by atoms with van der Waals surface area (Å²) in [6.07, 6.45) is -1.76. The van der Waals surface area contributed by atoms with Gasteiger partial charge >= 0.3 is 6.18 Å². The van der Waals surface area contributed by atoms with Crippen LogP contribution in [-0.2, 0) is 6.54 Å². The van der Waals surface area contributed by atoms with Gasteiger partial charge < -0.3 is 15.3 Å². The third-order valence-corrected chi connectivity index (χ3v) is 4.84. The number of rotatable bonds is 4. The number of carbonyl (C=O) groups is 1. The number of hydrogen-bond donors (Lipinski definition) is 2. The van der Waals surface area contributed by atoms with E-state index < -0.39 is 30.5 Å². The minimum Gasteiger partial charge on any atom is -0.391 e. The number of alkyl halides is 3. The third-order valence-electron chi connectivity index (χ3n) is 4.84. The minimum atomic E-state index is -4.55. The van der Waals surface area contributed by atoms with Gasteiger partial charge in [-0.1, -0.05) is 0 Å². The van der Waals surface area contributed by atoms with Gasteiger partial charge in [-0.05, 0) is 31.0 Å². The van der Waals surface area contributed by atoms with Gasteiger partial charge in [-0.15, -0.1) is 0 Å². The fourth-order valence-corrected chi connectivity index (χ4v) is 3.44. The fraction of sp³-hybridized carbons (Fsp3) is 0.368. The van der Waals surface area contributed by atoms with Gasteiger partial charge in [0.25, 0.3) is 5.91 Å². The lowest BCUT2D eigenvalue weighted by atomic mass is 10.1. The van der Waals surface area contributed by atoms with Crippen LogP contribution < -0.4 is 5.32 Å². The lowest BCUT2D eigenvalue weighted by molar-refractivity contribution is -0.141. The fourth-order valence-electron chi connectivity index (χ4n) is 3.44. The number of pyridine rings is 2. The number of likely N-dealkylation sites (tertiary alicyclic amines) is 1. The number of anilines is 2. The van der Waals surface area contributed by atoms with Crippen molar-refractivity contribution >= 4 is 28.4 Å². The molecule has 0 unspecified atom stereocenters. The number of β-amino-alcohol motifs (C(OH)–C–C–N with tert-alkyl or cyclic N) is 1. The smallest absolute Gasteiger partial charge is 0.391 e. The first-order valence-electron chi connectivity index (χ1n) is 9.49. The van der Waals surface area contributed by atoms with Crippen LogP contribution in [0.15, 0.2) is 30.6 Å². The van der Waals surface area contributed by atoms with E-state index in [1.54, 1.807) is 0 Å². The molecule has 1 amide bonds. The molecule has 1 fully saturated rings. The molecule has 1 saturated heterocycles. The summed E-state index contributed by atoms with van der Waals surface area (Å²) in [6, 6.07) is 3.71. The monoisotopic (exact) mass is 438 g/mol. The molecule has 0 saturated carbocycles. The standard InChI is InChI=1S/C19H18F4N6O2/c20-11-3-4-16(25-7-11)26-17-13-8-24-14(18(31)28-5-1-2-12(30)9-28)6-15(13)29(27-17)10-19(21,22)23/h3-4,6-8,12,30H,1-2,5,9-10H2,(H,25,26,27)/t12-/m1/s1.